The third-order valence-corrected chi connectivity index (χ3v) is 6.54. The van der Waals surface area contributed by atoms with E-state index in [2.05, 4.69) is 23.5 Å². The first-order valence-corrected chi connectivity index (χ1v) is 10.5. The summed E-state index contributed by atoms with van der Waals surface area (Å²) in [4.78, 5) is 24.5. The monoisotopic (exact) mass is 394 g/mol. The molecule has 1 aromatic carbocycles. The molecular weight excluding hydrogens is 368 g/mol. The Kier molecular flexibility index (Phi) is 6.78. The summed E-state index contributed by atoms with van der Waals surface area (Å²) in [5.41, 5.74) is -1.20. The lowest BCUT2D eigenvalue weighted by Gasteiger charge is -2.37. The van der Waals surface area contributed by atoms with Gasteiger partial charge in [0.15, 0.2) is 0 Å². The second-order valence-electron chi connectivity index (χ2n) is 6.86. The van der Waals surface area contributed by atoms with E-state index in [0.717, 1.165) is 19.3 Å². The van der Waals surface area contributed by atoms with E-state index in [4.69, 9.17) is 0 Å². The molecule has 1 aromatic rings. The van der Waals surface area contributed by atoms with Crippen LogP contribution in [0.1, 0.15) is 49.4 Å². The lowest BCUT2D eigenvalue weighted by Crippen LogP contribution is -2.56. The number of carbonyl (C=O) groups excluding carboxylic acids is 1. The molecule has 1 fully saturated rings. The zero-order chi connectivity index (χ0) is 20.1. The Labute approximate surface area is 159 Å². The molecule has 0 aliphatic heterocycles. The summed E-state index contributed by atoms with van der Waals surface area (Å²) in [5, 5.41) is 12.3. The van der Waals surface area contributed by atoms with Crippen LogP contribution < -0.4 is 10.0 Å². The van der Waals surface area contributed by atoms with E-state index in [0.29, 0.717) is 18.8 Å². The highest BCUT2D eigenvalue weighted by atomic mass is 32.2. The number of benzene rings is 1. The minimum atomic E-state index is -3.77. The first kappa shape index (κ1) is 21.1. The van der Waals surface area contributed by atoms with Crippen LogP contribution in [0.15, 0.2) is 41.8 Å². The van der Waals surface area contributed by atoms with Crippen molar-refractivity contribution in [3.8, 4) is 0 Å². The van der Waals surface area contributed by atoms with Crippen molar-refractivity contribution in [2.24, 2.45) is 5.92 Å². The van der Waals surface area contributed by atoms with Crippen molar-refractivity contribution in [2.75, 3.05) is 6.54 Å². The maximum Gasteiger partial charge on any atom is 0.329 e. The first-order chi connectivity index (χ1) is 12.7. The van der Waals surface area contributed by atoms with Crippen molar-refractivity contribution in [3.63, 3.8) is 0 Å². The molecule has 1 saturated carbocycles. The van der Waals surface area contributed by atoms with Crippen LogP contribution in [0.2, 0.25) is 0 Å². The SMILES string of the molecule is C=CCNS(=O)(=O)c1cccc(C(=O)NC2(C(=O)O)CCC(CC)CC2)c1. The third-order valence-electron chi connectivity index (χ3n) is 5.12. The van der Waals surface area contributed by atoms with Gasteiger partial charge in [0.1, 0.15) is 5.54 Å². The molecule has 7 nitrogen and oxygen atoms in total. The fourth-order valence-corrected chi connectivity index (χ4v) is 4.36. The Morgan fingerprint density at radius 1 is 1.33 bits per heavy atom. The molecule has 3 N–H and O–H groups in total. The molecule has 0 saturated heterocycles. The van der Waals surface area contributed by atoms with Gasteiger partial charge < -0.3 is 10.4 Å². The van der Waals surface area contributed by atoms with Crippen LogP contribution in [-0.2, 0) is 14.8 Å². The Balaban J connectivity index is 2.21. The van der Waals surface area contributed by atoms with Gasteiger partial charge in [-0.3, -0.25) is 4.79 Å². The third kappa shape index (κ3) is 4.95. The second kappa shape index (κ2) is 8.67. The summed E-state index contributed by atoms with van der Waals surface area (Å²) in [5.74, 6) is -1.17. The molecule has 0 unspecified atom stereocenters. The Hall–Kier alpha value is -2.19. The van der Waals surface area contributed by atoms with E-state index in [1.807, 2.05) is 0 Å². The molecular formula is C19H26N2O5S. The van der Waals surface area contributed by atoms with E-state index in [1.165, 1.54) is 30.3 Å². The van der Waals surface area contributed by atoms with Gasteiger partial charge in [0.25, 0.3) is 5.91 Å². The van der Waals surface area contributed by atoms with Crippen LogP contribution in [0, 0.1) is 5.92 Å². The fraction of sp³-hybridized carbons (Fsp3) is 0.474. The van der Waals surface area contributed by atoms with Crippen LogP contribution in [0.5, 0.6) is 0 Å². The van der Waals surface area contributed by atoms with E-state index < -0.39 is 27.4 Å². The van der Waals surface area contributed by atoms with Gasteiger partial charge in [0.05, 0.1) is 4.90 Å². The van der Waals surface area contributed by atoms with Crippen LogP contribution in [0.4, 0.5) is 0 Å². The second-order valence-corrected chi connectivity index (χ2v) is 8.63. The summed E-state index contributed by atoms with van der Waals surface area (Å²) >= 11 is 0. The van der Waals surface area contributed by atoms with Crippen LogP contribution in [0.25, 0.3) is 0 Å². The number of carboxylic acid groups (broad SMARTS) is 1. The fourth-order valence-electron chi connectivity index (χ4n) is 3.32. The van der Waals surface area contributed by atoms with Gasteiger partial charge >= 0.3 is 5.97 Å². The number of hydrogen-bond acceptors (Lipinski definition) is 4. The van der Waals surface area contributed by atoms with Gasteiger partial charge in [-0.15, -0.1) is 6.58 Å². The predicted molar refractivity (Wildman–Crippen MR) is 102 cm³/mol. The maximum absolute atomic E-state index is 12.7. The molecule has 0 atom stereocenters. The smallest absolute Gasteiger partial charge is 0.329 e. The molecule has 0 heterocycles. The maximum atomic E-state index is 12.7. The molecule has 1 amide bonds. The quantitative estimate of drug-likeness (QED) is 0.586. The molecule has 8 heteroatoms. The molecule has 0 aromatic heterocycles. The molecule has 27 heavy (non-hydrogen) atoms. The van der Waals surface area contributed by atoms with Crippen molar-refractivity contribution in [2.45, 2.75) is 49.5 Å². The lowest BCUT2D eigenvalue weighted by atomic mass is 9.75. The topological polar surface area (TPSA) is 113 Å². The summed E-state index contributed by atoms with van der Waals surface area (Å²) in [6, 6.07) is 5.55. The number of sulfonamides is 1. The first-order valence-electron chi connectivity index (χ1n) is 9.00. The minimum Gasteiger partial charge on any atom is -0.480 e. The normalized spacial score (nSPS) is 22.8. The van der Waals surface area contributed by atoms with Crippen LogP contribution in [-0.4, -0.2) is 37.5 Å². The molecule has 148 valence electrons. The van der Waals surface area contributed by atoms with E-state index in [9.17, 15) is 23.1 Å². The minimum absolute atomic E-state index is 0.0592. The highest BCUT2D eigenvalue weighted by molar-refractivity contribution is 7.89. The summed E-state index contributed by atoms with van der Waals surface area (Å²) in [7, 11) is -3.77. The zero-order valence-corrected chi connectivity index (χ0v) is 16.2. The van der Waals surface area contributed by atoms with Crippen molar-refractivity contribution in [1.29, 1.82) is 0 Å². The largest absolute Gasteiger partial charge is 0.480 e. The zero-order valence-electron chi connectivity index (χ0n) is 15.4. The van der Waals surface area contributed by atoms with Gasteiger partial charge in [-0.2, -0.15) is 0 Å². The van der Waals surface area contributed by atoms with E-state index in [-0.39, 0.29) is 17.0 Å². The number of carbonyl (C=O) groups is 2. The number of carboxylic acids is 1. The van der Waals surface area contributed by atoms with Gasteiger partial charge in [0.2, 0.25) is 10.0 Å². The number of aliphatic carboxylic acids is 1. The highest BCUT2D eigenvalue weighted by Gasteiger charge is 2.43. The Morgan fingerprint density at radius 3 is 2.56 bits per heavy atom. The average molecular weight is 394 g/mol. The van der Waals surface area contributed by atoms with Crippen molar-refractivity contribution in [1.82, 2.24) is 10.0 Å². The Bertz CT molecular complexity index is 811. The summed E-state index contributed by atoms with van der Waals surface area (Å²) in [6.45, 7) is 5.60. The van der Waals surface area contributed by atoms with E-state index in [1.54, 1.807) is 0 Å². The van der Waals surface area contributed by atoms with Gasteiger partial charge in [0, 0.05) is 12.1 Å². The molecule has 2 rings (SSSR count). The van der Waals surface area contributed by atoms with Crippen molar-refractivity contribution < 1.29 is 23.1 Å². The van der Waals surface area contributed by atoms with Gasteiger partial charge in [-0.1, -0.05) is 25.5 Å². The number of rotatable bonds is 8. The number of amides is 1. The Morgan fingerprint density at radius 2 is 2.00 bits per heavy atom. The molecule has 0 radical (unpaired) electrons. The van der Waals surface area contributed by atoms with Crippen LogP contribution >= 0.6 is 0 Å². The predicted octanol–water partition coefficient (Wildman–Crippen LogP) is 2.30. The average Bonchev–Trinajstić information content (AvgIpc) is 2.67. The van der Waals surface area contributed by atoms with Crippen molar-refractivity contribution >= 4 is 21.9 Å². The molecule has 0 spiro atoms. The number of hydrogen-bond donors (Lipinski definition) is 3. The van der Waals surface area contributed by atoms with Gasteiger partial charge in [-0.05, 0) is 49.8 Å². The van der Waals surface area contributed by atoms with Crippen molar-refractivity contribution in [3.05, 3.63) is 42.5 Å². The highest BCUT2D eigenvalue weighted by Crippen LogP contribution is 2.34. The molecule has 0 bridgehead atoms. The van der Waals surface area contributed by atoms with E-state index >= 15 is 0 Å². The summed E-state index contributed by atoms with van der Waals surface area (Å²) in [6.07, 6.45) is 4.61. The lowest BCUT2D eigenvalue weighted by molar-refractivity contribution is -0.146. The molecule has 1 aliphatic rings. The van der Waals surface area contributed by atoms with Gasteiger partial charge in [-0.25, -0.2) is 17.9 Å². The summed E-state index contributed by atoms with van der Waals surface area (Å²) < 4.78 is 26.8. The van der Waals surface area contributed by atoms with Crippen LogP contribution in [0.3, 0.4) is 0 Å². The standard InChI is InChI=1S/C19H26N2O5S/c1-3-12-20-27(25,26)16-7-5-6-15(13-16)17(22)21-19(18(23)24)10-8-14(4-2)9-11-19/h3,5-7,13-14,20H,1,4,8-12H2,2H3,(H,21,22)(H,23,24). The molecule has 1 aliphatic carbocycles. The number of nitrogens with one attached hydrogen (secondary N) is 2.